The first-order valence-electron chi connectivity index (χ1n) is 14.2. The second-order valence-electron chi connectivity index (χ2n) is 10.4. The molecule has 1 saturated heterocycles. The van der Waals surface area contributed by atoms with E-state index in [0.29, 0.717) is 18.7 Å². The van der Waals surface area contributed by atoms with E-state index >= 15 is 0 Å². The molecule has 2 heterocycles. The SMILES string of the molecule is COc1cccc2c(C(=O)NCc3ccccc3C)cn(CCCN3CCN(CCOc4ccccc4)CC3)c12. The Kier molecular flexibility index (Phi) is 9.37. The van der Waals surface area contributed by atoms with Gasteiger partial charge in [0.2, 0.25) is 0 Å². The number of piperazine rings is 1. The van der Waals surface area contributed by atoms with Crippen molar-refractivity contribution in [3.63, 3.8) is 0 Å². The quantitative estimate of drug-likeness (QED) is 0.275. The Morgan fingerprint density at radius 3 is 2.33 bits per heavy atom. The molecule has 0 atom stereocenters. The summed E-state index contributed by atoms with van der Waals surface area (Å²) in [5.41, 5.74) is 3.97. The molecule has 1 amide bonds. The van der Waals surface area contributed by atoms with Gasteiger partial charge in [-0.15, -0.1) is 0 Å². The van der Waals surface area contributed by atoms with Gasteiger partial charge in [-0.25, -0.2) is 0 Å². The number of carbonyl (C=O) groups is 1. The minimum absolute atomic E-state index is 0.0624. The number of nitrogens with one attached hydrogen (secondary N) is 1. The van der Waals surface area contributed by atoms with E-state index in [9.17, 15) is 4.79 Å². The molecule has 7 nitrogen and oxygen atoms in total. The zero-order valence-electron chi connectivity index (χ0n) is 23.6. The second kappa shape index (κ2) is 13.5. The molecule has 1 aliphatic heterocycles. The molecule has 4 aromatic rings. The molecule has 0 aliphatic carbocycles. The number of amides is 1. The molecule has 40 heavy (non-hydrogen) atoms. The van der Waals surface area contributed by atoms with Crippen LogP contribution in [0, 0.1) is 6.92 Å². The van der Waals surface area contributed by atoms with E-state index in [4.69, 9.17) is 9.47 Å². The number of methoxy groups -OCH3 is 1. The molecule has 0 spiro atoms. The third-order valence-corrected chi connectivity index (χ3v) is 7.78. The Hall–Kier alpha value is -3.81. The number of aryl methyl sites for hydroxylation is 2. The summed E-state index contributed by atoms with van der Waals surface area (Å²) in [5.74, 6) is 1.66. The summed E-state index contributed by atoms with van der Waals surface area (Å²) >= 11 is 0. The molecule has 1 N–H and O–H groups in total. The van der Waals surface area contributed by atoms with Crippen molar-refractivity contribution in [3.05, 3.63) is 95.7 Å². The van der Waals surface area contributed by atoms with Crippen molar-refractivity contribution in [2.75, 3.05) is 53.0 Å². The molecule has 0 saturated carbocycles. The van der Waals surface area contributed by atoms with Crippen molar-refractivity contribution in [3.8, 4) is 11.5 Å². The van der Waals surface area contributed by atoms with Gasteiger partial charge in [0.15, 0.2) is 0 Å². The largest absolute Gasteiger partial charge is 0.495 e. The van der Waals surface area contributed by atoms with Gasteiger partial charge in [0.25, 0.3) is 5.91 Å². The third-order valence-electron chi connectivity index (χ3n) is 7.78. The first kappa shape index (κ1) is 27.7. The Morgan fingerprint density at radius 1 is 0.850 bits per heavy atom. The van der Waals surface area contributed by atoms with E-state index in [2.05, 4.69) is 38.7 Å². The third kappa shape index (κ3) is 6.84. The lowest BCUT2D eigenvalue weighted by molar-refractivity contribution is 0.0952. The van der Waals surface area contributed by atoms with E-state index < -0.39 is 0 Å². The van der Waals surface area contributed by atoms with Gasteiger partial charge < -0.3 is 24.3 Å². The maximum atomic E-state index is 13.3. The van der Waals surface area contributed by atoms with Crippen molar-refractivity contribution in [2.45, 2.75) is 26.4 Å². The van der Waals surface area contributed by atoms with Crippen LogP contribution in [0.25, 0.3) is 10.9 Å². The second-order valence-corrected chi connectivity index (χ2v) is 10.4. The van der Waals surface area contributed by atoms with Crippen LogP contribution in [0.1, 0.15) is 27.9 Å². The van der Waals surface area contributed by atoms with Crippen LogP contribution < -0.4 is 14.8 Å². The fraction of sp³-hybridized carbons (Fsp3) is 0.364. The number of nitrogens with zero attached hydrogens (tertiary/aromatic N) is 3. The van der Waals surface area contributed by atoms with Crippen LogP contribution >= 0.6 is 0 Å². The van der Waals surface area contributed by atoms with Crippen LogP contribution in [-0.2, 0) is 13.1 Å². The number of rotatable bonds is 12. The van der Waals surface area contributed by atoms with Crippen LogP contribution in [0.2, 0.25) is 0 Å². The normalized spacial score (nSPS) is 14.3. The lowest BCUT2D eigenvalue weighted by Gasteiger charge is -2.34. The Labute approximate surface area is 237 Å². The van der Waals surface area contributed by atoms with Gasteiger partial charge in [-0.05, 0) is 49.2 Å². The number of ether oxygens (including phenoxy) is 2. The molecular formula is C33H40N4O3. The number of benzene rings is 3. The van der Waals surface area contributed by atoms with E-state index in [0.717, 1.165) is 80.2 Å². The zero-order valence-corrected chi connectivity index (χ0v) is 23.6. The van der Waals surface area contributed by atoms with Gasteiger partial charge in [-0.1, -0.05) is 54.6 Å². The highest BCUT2D eigenvalue weighted by atomic mass is 16.5. The lowest BCUT2D eigenvalue weighted by Crippen LogP contribution is -2.47. The average Bonchev–Trinajstić information content (AvgIpc) is 3.37. The highest BCUT2D eigenvalue weighted by Crippen LogP contribution is 2.30. The molecule has 0 bridgehead atoms. The number of fused-ring (bicyclic) bond motifs is 1. The van der Waals surface area contributed by atoms with Crippen LogP contribution in [0.3, 0.4) is 0 Å². The summed E-state index contributed by atoms with van der Waals surface area (Å²) in [6.45, 7) is 10.3. The predicted octanol–water partition coefficient (Wildman–Crippen LogP) is 4.98. The number of para-hydroxylation sites is 2. The summed E-state index contributed by atoms with van der Waals surface area (Å²) in [4.78, 5) is 18.3. The first-order valence-corrected chi connectivity index (χ1v) is 14.2. The Bertz CT molecular complexity index is 1390. The Balaban J connectivity index is 1.14. The van der Waals surface area contributed by atoms with Crippen molar-refractivity contribution in [1.82, 2.24) is 19.7 Å². The van der Waals surface area contributed by atoms with Crippen molar-refractivity contribution >= 4 is 16.8 Å². The van der Waals surface area contributed by atoms with Gasteiger partial charge in [0, 0.05) is 57.4 Å². The predicted molar refractivity (Wildman–Crippen MR) is 160 cm³/mol. The van der Waals surface area contributed by atoms with Crippen molar-refractivity contribution in [1.29, 1.82) is 0 Å². The highest BCUT2D eigenvalue weighted by Gasteiger charge is 2.19. The molecular weight excluding hydrogens is 500 g/mol. The maximum absolute atomic E-state index is 13.3. The zero-order chi connectivity index (χ0) is 27.7. The molecule has 1 aliphatic rings. The average molecular weight is 541 g/mol. The summed E-state index contributed by atoms with van der Waals surface area (Å²) in [7, 11) is 1.69. The summed E-state index contributed by atoms with van der Waals surface area (Å²) in [6.07, 6.45) is 2.99. The van der Waals surface area contributed by atoms with Gasteiger partial charge in [-0.3, -0.25) is 9.69 Å². The molecule has 0 unspecified atom stereocenters. The van der Waals surface area contributed by atoms with Crippen LogP contribution in [0.5, 0.6) is 11.5 Å². The maximum Gasteiger partial charge on any atom is 0.253 e. The molecule has 5 rings (SSSR count). The standard InChI is InChI=1S/C33H40N4O3/c1-26-10-6-7-11-27(26)24-34-33(38)30-25-37(32-29(30)14-8-15-31(32)39-2)17-9-16-35-18-20-36(21-19-35)22-23-40-28-12-4-3-5-13-28/h3-8,10-15,25H,9,16-24H2,1-2H3,(H,34,38). The van der Waals surface area contributed by atoms with E-state index in [-0.39, 0.29) is 5.91 Å². The number of hydrogen-bond donors (Lipinski definition) is 1. The molecule has 210 valence electrons. The van der Waals surface area contributed by atoms with Gasteiger partial charge >= 0.3 is 0 Å². The Morgan fingerprint density at radius 2 is 1.57 bits per heavy atom. The minimum atomic E-state index is -0.0624. The fourth-order valence-electron chi connectivity index (χ4n) is 5.44. The van der Waals surface area contributed by atoms with Gasteiger partial charge in [0.05, 0.1) is 18.2 Å². The summed E-state index contributed by atoms with van der Waals surface area (Å²) in [6, 6.07) is 24.1. The molecule has 7 heteroatoms. The van der Waals surface area contributed by atoms with Crippen LogP contribution in [0.4, 0.5) is 0 Å². The summed E-state index contributed by atoms with van der Waals surface area (Å²) < 4.78 is 13.8. The molecule has 1 fully saturated rings. The lowest BCUT2D eigenvalue weighted by atomic mass is 10.1. The van der Waals surface area contributed by atoms with Crippen LogP contribution in [0.15, 0.2) is 79.0 Å². The highest BCUT2D eigenvalue weighted by molar-refractivity contribution is 6.08. The van der Waals surface area contributed by atoms with Gasteiger partial charge in [0.1, 0.15) is 18.1 Å². The topological polar surface area (TPSA) is 59.0 Å². The summed E-state index contributed by atoms with van der Waals surface area (Å²) in [5, 5.41) is 4.04. The first-order chi connectivity index (χ1) is 19.6. The van der Waals surface area contributed by atoms with Gasteiger partial charge in [-0.2, -0.15) is 0 Å². The smallest absolute Gasteiger partial charge is 0.253 e. The van der Waals surface area contributed by atoms with Crippen LogP contribution in [-0.4, -0.2) is 73.3 Å². The number of aromatic nitrogens is 1. The molecule has 0 radical (unpaired) electrons. The van der Waals surface area contributed by atoms with E-state index in [1.165, 1.54) is 5.56 Å². The van der Waals surface area contributed by atoms with Crippen molar-refractivity contribution < 1.29 is 14.3 Å². The van der Waals surface area contributed by atoms with E-state index in [1.807, 2.05) is 66.9 Å². The van der Waals surface area contributed by atoms with Crippen molar-refractivity contribution in [2.24, 2.45) is 0 Å². The van der Waals surface area contributed by atoms with E-state index in [1.54, 1.807) is 7.11 Å². The monoisotopic (exact) mass is 540 g/mol. The minimum Gasteiger partial charge on any atom is -0.495 e. The number of hydrogen-bond acceptors (Lipinski definition) is 5. The number of carbonyl (C=O) groups excluding carboxylic acids is 1. The molecule has 3 aromatic carbocycles. The fourth-order valence-corrected chi connectivity index (χ4v) is 5.44. The molecule has 1 aromatic heterocycles.